The van der Waals surface area contributed by atoms with Crippen LogP contribution >= 0.6 is 24.0 Å². The first-order valence-electron chi connectivity index (χ1n) is 8.58. The standard InChI is InChI=1S/C17H33N3O.HI/c1-6-18-16(20-14-10-12(14)2)19-11-13-8-7-9-21-15(13)17(3,4)5;/h12-15H,6-11H2,1-5H3,(H2,18,19,20);1H. The van der Waals surface area contributed by atoms with Crippen LogP contribution in [-0.2, 0) is 4.74 Å². The fourth-order valence-electron chi connectivity index (χ4n) is 3.21. The van der Waals surface area contributed by atoms with Crippen molar-refractivity contribution in [2.75, 3.05) is 19.7 Å². The first-order valence-corrected chi connectivity index (χ1v) is 8.58. The summed E-state index contributed by atoms with van der Waals surface area (Å²) in [5.74, 6) is 2.30. The summed E-state index contributed by atoms with van der Waals surface area (Å²) < 4.78 is 6.05. The molecule has 2 aliphatic rings. The Morgan fingerprint density at radius 1 is 1.32 bits per heavy atom. The van der Waals surface area contributed by atoms with Crippen molar-refractivity contribution in [2.45, 2.75) is 66.0 Å². The molecule has 2 N–H and O–H groups in total. The molecule has 2 fully saturated rings. The lowest BCUT2D eigenvalue weighted by Gasteiger charge is -2.39. The molecule has 0 amide bonds. The van der Waals surface area contributed by atoms with E-state index in [9.17, 15) is 0 Å². The molecule has 4 unspecified atom stereocenters. The van der Waals surface area contributed by atoms with E-state index in [2.05, 4.69) is 45.3 Å². The average molecular weight is 423 g/mol. The topological polar surface area (TPSA) is 45.7 Å². The summed E-state index contributed by atoms with van der Waals surface area (Å²) in [6.07, 6.45) is 3.97. The van der Waals surface area contributed by atoms with E-state index in [-0.39, 0.29) is 29.4 Å². The Bertz CT molecular complexity index is 367. The summed E-state index contributed by atoms with van der Waals surface area (Å²) in [5, 5.41) is 6.90. The SMILES string of the molecule is CCNC(=NCC1CCCOC1C(C)(C)C)NC1CC1C.I. The molecule has 130 valence electrons. The lowest BCUT2D eigenvalue weighted by atomic mass is 9.78. The van der Waals surface area contributed by atoms with E-state index in [0.717, 1.165) is 38.0 Å². The van der Waals surface area contributed by atoms with Crippen LogP contribution in [0.4, 0.5) is 0 Å². The zero-order valence-electron chi connectivity index (χ0n) is 14.8. The van der Waals surface area contributed by atoms with Crippen LogP contribution in [0.25, 0.3) is 0 Å². The predicted molar refractivity (Wildman–Crippen MR) is 104 cm³/mol. The largest absolute Gasteiger partial charge is 0.377 e. The molecule has 0 bridgehead atoms. The maximum atomic E-state index is 6.05. The Kier molecular flexibility index (Phi) is 7.92. The molecule has 0 aromatic rings. The Morgan fingerprint density at radius 3 is 2.55 bits per heavy atom. The van der Waals surface area contributed by atoms with Gasteiger partial charge in [0.15, 0.2) is 5.96 Å². The molecule has 2 rings (SSSR count). The van der Waals surface area contributed by atoms with Crippen molar-refractivity contribution in [3.63, 3.8) is 0 Å². The van der Waals surface area contributed by atoms with E-state index in [0.29, 0.717) is 18.1 Å². The maximum absolute atomic E-state index is 6.05. The second-order valence-electron chi connectivity index (χ2n) is 7.74. The Morgan fingerprint density at radius 2 is 2.00 bits per heavy atom. The zero-order chi connectivity index (χ0) is 15.5. The van der Waals surface area contributed by atoms with E-state index in [1.165, 1.54) is 12.8 Å². The van der Waals surface area contributed by atoms with E-state index in [1.54, 1.807) is 0 Å². The van der Waals surface area contributed by atoms with Gasteiger partial charge in [0.2, 0.25) is 0 Å². The molecule has 4 atom stereocenters. The third-order valence-electron chi connectivity index (χ3n) is 4.56. The smallest absolute Gasteiger partial charge is 0.191 e. The normalized spacial score (nSPS) is 32.1. The van der Waals surface area contributed by atoms with E-state index >= 15 is 0 Å². The highest BCUT2D eigenvalue weighted by molar-refractivity contribution is 14.0. The number of hydrogen-bond acceptors (Lipinski definition) is 2. The van der Waals surface area contributed by atoms with Gasteiger partial charge in [0.1, 0.15) is 0 Å². The van der Waals surface area contributed by atoms with Gasteiger partial charge in [-0.25, -0.2) is 0 Å². The highest BCUT2D eigenvalue weighted by atomic mass is 127. The summed E-state index contributed by atoms with van der Waals surface area (Å²) >= 11 is 0. The Balaban J connectivity index is 0.00000242. The number of ether oxygens (including phenoxy) is 1. The summed E-state index contributed by atoms with van der Waals surface area (Å²) in [4.78, 5) is 4.83. The van der Waals surface area contributed by atoms with Crippen LogP contribution in [0.15, 0.2) is 4.99 Å². The molecule has 1 aliphatic heterocycles. The van der Waals surface area contributed by atoms with Gasteiger partial charge in [0.25, 0.3) is 0 Å². The van der Waals surface area contributed by atoms with Crippen LogP contribution in [0.2, 0.25) is 0 Å². The fraction of sp³-hybridized carbons (Fsp3) is 0.941. The van der Waals surface area contributed by atoms with Crippen LogP contribution in [0.5, 0.6) is 0 Å². The van der Waals surface area contributed by atoms with Crippen molar-refractivity contribution >= 4 is 29.9 Å². The Hall–Kier alpha value is -0.0400. The van der Waals surface area contributed by atoms with Crippen molar-refractivity contribution in [1.29, 1.82) is 0 Å². The number of guanidine groups is 1. The monoisotopic (exact) mass is 423 g/mol. The molecule has 1 aliphatic carbocycles. The lowest BCUT2D eigenvalue weighted by molar-refractivity contribution is -0.0823. The van der Waals surface area contributed by atoms with Crippen LogP contribution in [0.3, 0.4) is 0 Å². The van der Waals surface area contributed by atoms with Crippen molar-refractivity contribution < 1.29 is 4.74 Å². The summed E-state index contributed by atoms with van der Waals surface area (Å²) in [6, 6.07) is 0.615. The van der Waals surface area contributed by atoms with Crippen molar-refractivity contribution in [2.24, 2.45) is 22.2 Å². The van der Waals surface area contributed by atoms with Gasteiger partial charge in [-0.15, -0.1) is 24.0 Å². The third-order valence-corrected chi connectivity index (χ3v) is 4.56. The highest BCUT2D eigenvalue weighted by Gasteiger charge is 2.36. The van der Waals surface area contributed by atoms with Crippen LogP contribution in [-0.4, -0.2) is 37.8 Å². The second kappa shape index (κ2) is 8.71. The summed E-state index contributed by atoms with van der Waals surface area (Å²) in [5.41, 5.74) is 0.192. The molecule has 1 saturated carbocycles. The molecule has 0 spiro atoms. The molecule has 1 heterocycles. The highest BCUT2D eigenvalue weighted by Crippen LogP contribution is 2.34. The molecule has 1 saturated heterocycles. The number of hydrogen-bond donors (Lipinski definition) is 2. The van der Waals surface area contributed by atoms with Gasteiger partial charge < -0.3 is 15.4 Å². The third kappa shape index (κ3) is 5.87. The molecular formula is C17H34IN3O. The van der Waals surface area contributed by atoms with Crippen molar-refractivity contribution in [3.8, 4) is 0 Å². The van der Waals surface area contributed by atoms with E-state index in [4.69, 9.17) is 9.73 Å². The van der Waals surface area contributed by atoms with Gasteiger partial charge in [-0.05, 0) is 37.5 Å². The lowest BCUT2D eigenvalue weighted by Crippen LogP contribution is -2.43. The minimum absolute atomic E-state index is 0. The van der Waals surface area contributed by atoms with Crippen molar-refractivity contribution in [1.82, 2.24) is 10.6 Å². The minimum atomic E-state index is 0. The summed E-state index contributed by atoms with van der Waals surface area (Å²) in [6.45, 7) is 13.9. The number of aliphatic imine (C=N–C) groups is 1. The maximum Gasteiger partial charge on any atom is 0.191 e. The summed E-state index contributed by atoms with van der Waals surface area (Å²) in [7, 11) is 0. The first-order chi connectivity index (χ1) is 9.91. The van der Waals surface area contributed by atoms with Crippen LogP contribution < -0.4 is 10.6 Å². The molecule has 0 aromatic heterocycles. The van der Waals surface area contributed by atoms with E-state index < -0.39 is 0 Å². The van der Waals surface area contributed by atoms with Crippen LogP contribution in [0.1, 0.15) is 53.9 Å². The quantitative estimate of drug-likeness (QED) is 0.414. The average Bonchev–Trinajstić information content (AvgIpc) is 3.11. The van der Waals surface area contributed by atoms with Gasteiger partial charge in [0, 0.05) is 31.7 Å². The number of nitrogens with one attached hydrogen (secondary N) is 2. The number of halogens is 1. The van der Waals surface area contributed by atoms with Crippen molar-refractivity contribution in [3.05, 3.63) is 0 Å². The van der Waals surface area contributed by atoms with Crippen LogP contribution in [0, 0.1) is 17.3 Å². The molecule has 0 aromatic carbocycles. The molecule has 5 heteroatoms. The molecule has 22 heavy (non-hydrogen) atoms. The minimum Gasteiger partial charge on any atom is -0.377 e. The first kappa shape index (κ1) is 20.0. The Labute approximate surface area is 153 Å². The molecular weight excluding hydrogens is 389 g/mol. The number of nitrogens with zero attached hydrogens (tertiary/aromatic N) is 1. The van der Waals surface area contributed by atoms with Gasteiger partial charge in [0.05, 0.1) is 6.10 Å². The van der Waals surface area contributed by atoms with Gasteiger partial charge in [-0.1, -0.05) is 27.7 Å². The van der Waals surface area contributed by atoms with E-state index in [1.807, 2.05) is 0 Å². The van der Waals surface area contributed by atoms with Gasteiger partial charge in [-0.2, -0.15) is 0 Å². The fourth-order valence-corrected chi connectivity index (χ4v) is 3.21. The number of rotatable bonds is 4. The molecule has 4 nitrogen and oxygen atoms in total. The second-order valence-corrected chi connectivity index (χ2v) is 7.74. The predicted octanol–water partition coefficient (Wildman–Crippen LogP) is 3.41. The molecule has 0 radical (unpaired) electrons. The van der Waals surface area contributed by atoms with Gasteiger partial charge >= 0.3 is 0 Å². The zero-order valence-corrected chi connectivity index (χ0v) is 17.1. The van der Waals surface area contributed by atoms with Gasteiger partial charge in [-0.3, -0.25) is 4.99 Å².